The summed E-state index contributed by atoms with van der Waals surface area (Å²) in [6.07, 6.45) is 0.280. The van der Waals surface area contributed by atoms with Crippen LogP contribution in [0.15, 0.2) is 35.7 Å². The molecule has 0 saturated carbocycles. The van der Waals surface area contributed by atoms with Gasteiger partial charge in [-0.15, -0.1) is 11.3 Å². The number of carbonyl (C=O) groups excluding carboxylic acids is 1. The maximum atomic E-state index is 12.0. The van der Waals surface area contributed by atoms with Gasteiger partial charge >= 0.3 is 0 Å². The molecule has 0 aliphatic heterocycles. The second kappa shape index (κ2) is 5.33. The molecular formula is C15H14N2OS. The van der Waals surface area contributed by atoms with Crippen LogP contribution in [-0.4, -0.2) is 10.8 Å². The van der Waals surface area contributed by atoms with Gasteiger partial charge in [-0.3, -0.25) is 4.79 Å². The zero-order valence-electron chi connectivity index (χ0n) is 10.9. The largest absolute Gasteiger partial charge is 0.294 e. The second-order valence-corrected chi connectivity index (χ2v) is 5.70. The van der Waals surface area contributed by atoms with Gasteiger partial charge in [0, 0.05) is 10.9 Å². The predicted octanol–water partition coefficient (Wildman–Crippen LogP) is 3.37. The molecule has 0 spiro atoms. The lowest BCUT2D eigenvalue weighted by molar-refractivity contribution is 0.0992. The Hall–Kier alpha value is -1.99. The Labute approximate surface area is 116 Å². The van der Waals surface area contributed by atoms with Crippen LogP contribution in [0.2, 0.25) is 0 Å². The molecule has 2 aromatic rings. The summed E-state index contributed by atoms with van der Waals surface area (Å²) in [6, 6.07) is 11.4. The van der Waals surface area contributed by atoms with Gasteiger partial charge in [0.25, 0.3) is 0 Å². The average Bonchev–Trinajstić information content (AvgIpc) is 2.89. The Morgan fingerprint density at radius 3 is 2.68 bits per heavy atom. The number of hydrogen-bond donors (Lipinski definition) is 0. The lowest BCUT2D eigenvalue weighted by Gasteiger charge is -2.09. The fraction of sp³-hybridized carbons (Fsp3) is 0.267. The maximum Gasteiger partial charge on any atom is 0.168 e. The van der Waals surface area contributed by atoms with Gasteiger partial charge in [-0.05, 0) is 13.8 Å². The van der Waals surface area contributed by atoms with Gasteiger partial charge < -0.3 is 0 Å². The van der Waals surface area contributed by atoms with Crippen LogP contribution in [0.4, 0.5) is 0 Å². The minimum atomic E-state index is -0.599. The first-order chi connectivity index (χ1) is 9.03. The van der Waals surface area contributed by atoms with Crippen LogP contribution in [0.25, 0.3) is 0 Å². The first kappa shape index (κ1) is 13.4. The zero-order valence-corrected chi connectivity index (χ0v) is 11.7. The minimum absolute atomic E-state index is 0.0483. The summed E-state index contributed by atoms with van der Waals surface area (Å²) in [6.45, 7) is 3.66. The van der Waals surface area contributed by atoms with Gasteiger partial charge in [-0.25, -0.2) is 4.98 Å². The van der Waals surface area contributed by atoms with Crippen LogP contribution >= 0.6 is 11.3 Å². The predicted molar refractivity (Wildman–Crippen MR) is 75.2 cm³/mol. The van der Waals surface area contributed by atoms with Crippen molar-refractivity contribution in [1.82, 2.24) is 4.98 Å². The van der Waals surface area contributed by atoms with E-state index >= 15 is 0 Å². The number of nitriles is 1. The van der Waals surface area contributed by atoms with Crippen LogP contribution in [0.1, 0.15) is 34.9 Å². The highest BCUT2D eigenvalue weighted by Crippen LogP contribution is 2.26. The standard InChI is InChI=1S/C15H14N2OS/c1-15(2,10-16)14-17-12(9-19-14)8-13(18)11-6-4-3-5-7-11/h3-7,9H,8H2,1-2H3. The minimum Gasteiger partial charge on any atom is -0.294 e. The van der Waals surface area contributed by atoms with E-state index in [0.29, 0.717) is 5.56 Å². The van der Waals surface area contributed by atoms with E-state index < -0.39 is 5.41 Å². The van der Waals surface area contributed by atoms with E-state index in [9.17, 15) is 4.79 Å². The van der Waals surface area contributed by atoms with Gasteiger partial charge in [0.2, 0.25) is 0 Å². The van der Waals surface area contributed by atoms with Crippen LogP contribution in [0, 0.1) is 11.3 Å². The lowest BCUT2D eigenvalue weighted by atomic mass is 9.97. The molecule has 0 saturated heterocycles. The normalized spacial score (nSPS) is 11.0. The van der Waals surface area contributed by atoms with Crippen LogP contribution < -0.4 is 0 Å². The number of carbonyl (C=O) groups is 1. The van der Waals surface area contributed by atoms with Crippen molar-refractivity contribution in [1.29, 1.82) is 5.26 Å². The number of rotatable bonds is 4. The molecular weight excluding hydrogens is 256 g/mol. The molecule has 2 rings (SSSR count). The molecule has 0 unspecified atom stereocenters. The molecule has 1 heterocycles. The Morgan fingerprint density at radius 1 is 1.37 bits per heavy atom. The fourth-order valence-corrected chi connectivity index (χ4v) is 2.51. The molecule has 0 aliphatic carbocycles. The lowest BCUT2D eigenvalue weighted by Crippen LogP contribution is -2.13. The van der Waals surface area contributed by atoms with E-state index in [-0.39, 0.29) is 12.2 Å². The molecule has 1 aromatic heterocycles. The van der Waals surface area contributed by atoms with Gasteiger partial charge in [0.05, 0.1) is 18.2 Å². The van der Waals surface area contributed by atoms with Crippen molar-refractivity contribution in [3.05, 3.63) is 52.0 Å². The summed E-state index contributed by atoms with van der Waals surface area (Å²) in [5, 5.41) is 11.7. The first-order valence-electron chi connectivity index (χ1n) is 5.97. The van der Waals surface area contributed by atoms with Crippen molar-refractivity contribution >= 4 is 17.1 Å². The number of hydrogen-bond acceptors (Lipinski definition) is 4. The summed E-state index contributed by atoms with van der Waals surface area (Å²) in [4.78, 5) is 16.4. The van der Waals surface area contributed by atoms with E-state index in [1.807, 2.05) is 37.4 Å². The summed E-state index contributed by atoms with van der Waals surface area (Å²) < 4.78 is 0. The summed E-state index contributed by atoms with van der Waals surface area (Å²) >= 11 is 1.43. The van der Waals surface area contributed by atoms with E-state index in [1.54, 1.807) is 12.1 Å². The molecule has 0 N–H and O–H groups in total. The molecule has 0 aliphatic rings. The molecule has 96 valence electrons. The van der Waals surface area contributed by atoms with Crippen LogP contribution in [0.5, 0.6) is 0 Å². The third kappa shape index (κ3) is 3.07. The third-order valence-corrected chi connectivity index (χ3v) is 4.02. The molecule has 4 heteroatoms. The molecule has 19 heavy (non-hydrogen) atoms. The number of ketones is 1. The highest BCUT2D eigenvalue weighted by atomic mass is 32.1. The van der Waals surface area contributed by atoms with Crippen molar-refractivity contribution in [2.24, 2.45) is 0 Å². The Kier molecular flexibility index (Phi) is 3.77. The number of aromatic nitrogens is 1. The van der Waals surface area contributed by atoms with Crippen LogP contribution in [-0.2, 0) is 11.8 Å². The molecule has 0 bridgehead atoms. The van der Waals surface area contributed by atoms with Crippen molar-refractivity contribution in [3.8, 4) is 6.07 Å². The monoisotopic (exact) mass is 270 g/mol. The number of Topliss-reactive ketones (excluding diaryl/α,β-unsaturated/α-hetero) is 1. The summed E-state index contributed by atoms with van der Waals surface area (Å²) in [5.41, 5.74) is 0.826. The van der Waals surface area contributed by atoms with Crippen molar-refractivity contribution < 1.29 is 4.79 Å². The van der Waals surface area contributed by atoms with Gasteiger partial charge in [-0.2, -0.15) is 5.26 Å². The zero-order chi connectivity index (χ0) is 13.9. The Bertz CT molecular complexity index is 623. The van der Waals surface area contributed by atoms with E-state index in [0.717, 1.165) is 10.7 Å². The van der Waals surface area contributed by atoms with Crippen molar-refractivity contribution in [2.45, 2.75) is 25.7 Å². The first-order valence-corrected chi connectivity index (χ1v) is 6.85. The highest BCUT2D eigenvalue weighted by molar-refractivity contribution is 7.09. The molecule has 3 nitrogen and oxygen atoms in total. The SMILES string of the molecule is CC(C)(C#N)c1nc(CC(=O)c2ccccc2)cs1. The molecule has 0 fully saturated rings. The Balaban J connectivity index is 2.14. The quantitative estimate of drug-likeness (QED) is 0.800. The second-order valence-electron chi connectivity index (χ2n) is 4.85. The number of thiazole rings is 1. The topological polar surface area (TPSA) is 53.8 Å². The van der Waals surface area contributed by atoms with Crippen LogP contribution in [0.3, 0.4) is 0 Å². The van der Waals surface area contributed by atoms with E-state index in [2.05, 4.69) is 11.1 Å². The number of nitrogens with zero attached hydrogens (tertiary/aromatic N) is 2. The molecule has 0 amide bonds. The molecule has 0 radical (unpaired) electrons. The average molecular weight is 270 g/mol. The van der Waals surface area contributed by atoms with E-state index in [4.69, 9.17) is 5.26 Å². The maximum absolute atomic E-state index is 12.0. The smallest absolute Gasteiger partial charge is 0.168 e. The van der Waals surface area contributed by atoms with E-state index in [1.165, 1.54) is 11.3 Å². The third-order valence-electron chi connectivity index (χ3n) is 2.80. The van der Waals surface area contributed by atoms with Gasteiger partial charge in [0.15, 0.2) is 5.78 Å². The van der Waals surface area contributed by atoms with Crippen molar-refractivity contribution in [2.75, 3.05) is 0 Å². The Morgan fingerprint density at radius 2 is 2.05 bits per heavy atom. The number of benzene rings is 1. The van der Waals surface area contributed by atoms with Gasteiger partial charge in [0.1, 0.15) is 10.4 Å². The van der Waals surface area contributed by atoms with Gasteiger partial charge in [-0.1, -0.05) is 30.3 Å². The van der Waals surface area contributed by atoms with Crippen molar-refractivity contribution in [3.63, 3.8) is 0 Å². The summed E-state index contributed by atoms with van der Waals surface area (Å²) in [5.74, 6) is 0.0483. The summed E-state index contributed by atoms with van der Waals surface area (Å²) in [7, 11) is 0. The molecule has 0 atom stereocenters. The fourth-order valence-electron chi connectivity index (χ4n) is 1.61. The highest BCUT2D eigenvalue weighted by Gasteiger charge is 2.24. The molecule has 1 aromatic carbocycles.